The van der Waals surface area contributed by atoms with Gasteiger partial charge in [0.2, 0.25) is 17.7 Å². The Morgan fingerprint density at radius 1 is 1.09 bits per heavy atom. The molecule has 5 aromatic rings. The van der Waals surface area contributed by atoms with Crippen LogP contribution < -0.4 is 11.1 Å². The highest BCUT2D eigenvalue weighted by atomic mass is 16.3. The van der Waals surface area contributed by atoms with E-state index in [0.717, 1.165) is 18.4 Å². The van der Waals surface area contributed by atoms with Gasteiger partial charge in [-0.05, 0) is 43.4 Å². The predicted molar refractivity (Wildman–Crippen MR) is 127 cm³/mol. The summed E-state index contributed by atoms with van der Waals surface area (Å²) in [5.41, 5.74) is 7.91. The van der Waals surface area contributed by atoms with Gasteiger partial charge in [0.15, 0.2) is 23.1 Å². The quantitative estimate of drug-likeness (QED) is 0.353. The lowest BCUT2D eigenvalue weighted by atomic mass is 9.92. The molecule has 1 atom stereocenters. The molecule has 1 fully saturated rings. The van der Waals surface area contributed by atoms with Gasteiger partial charge in [-0.3, -0.25) is 4.79 Å². The number of hydrogen-bond donors (Lipinski definition) is 3. The number of nitrogens with zero attached hydrogens (tertiary/aromatic N) is 6. The molecule has 1 saturated carbocycles. The summed E-state index contributed by atoms with van der Waals surface area (Å²) in [5.74, 6) is 0.807. The lowest BCUT2D eigenvalue weighted by Gasteiger charge is -2.28. The lowest BCUT2D eigenvalue weighted by molar-refractivity contribution is -0.124. The molecule has 1 amide bonds. The molecule has 11 heteroatoms. The van der Waals surface area contributed by atoms with Crippen LogP contribution in [0.25, 0.3) is 28.3 Å². The zero-order chi connectivity index (χ0) is 23.9. The number of anilines is 1. The third kappa shape index (κ3) is 3.79. The Kier molecular flexibility index (Phi) is 5.18. The summed E-state index contributed by atoms with van der Waals surface area (Å²) in [6.07, 6.45) is 5.68. The summed E-state index contributed by atoms with van der Waals surface area (Å²) >= 11 is 0. The van der Waals surface area contributed by atoms with Gasteiger partial charge in [0, 0.05) is 6.04 Å². The number of aliphatic hydroxyl groups is 1. The molecule has 0 radical (unpaired) electrons. The van der Waals surface area contributed by atoms with Crippen molar-refractivity contribution in [2.24, 2.45) is 0 Å². The van der Waals surface area contributed by atoms with Gasteiger partial charge in [-0.25, -0.2) is 9.67 Å². The van der Waals surface area contributed by atoms with Crippen molar-refractivity contribution < 1.29 is 14.3 Å². The van der Waals surface area contributed by atoms with E-state index in [1.165, 1.54) is 4.52 Å². The number of furan rings is 1. The van der Waals surface area contributed by atoms with Gasteiger partial charge < -0.3 is 20.6 Å². The Hall–Kier alpha value is -4.25. The van der Waals surface area contributed by atoms with Crippen LogP contribution >= 0.6 is 0 Å². The molecule has 0 aliphatic heterocycles. The maximum atomic E-state index is 13.6. The molecule has 0 spiro atoms. The third-order valence-corrected chi connectivity index (χ3v) is 6.45. The van der Waals surface area contributed by atoms with Crippen LogP contribution in [0.3, 0.4) is 0 Å². The average Bonchev–Trinajstić information content (AvgIpc) is 3.62. The molecule has 1 aromatic carbocycles. The molecule has 4 aromatic heterocycles. The van der Waals surface area contributed by atoms with E-state index >= 15 is 0 Å². The number of hydrogen-bond acceptors (Lipinski definition) is 8. The fourth-order valence-electron chi connectivity index (χ4n) is 4.67. The number of nitrogen functional groups attached to an aromatic ring is 1. The Balaban J connectivity index is 1.44. The van der Waals surface area contributed by atoms with Gasteiger partial charge >= 0.3 is 0 Å². The summed E-state index contributed by atoms with van der Waals surface area (Å²) in [4.78, 5) is 22.7. The standard InChI is InChI=1S/C24H24N8O3/c25-24-29-22-17(21-28-20(30-32(21)24)18-7-4-12-35-18)13-26-31(22)19(14-5-2-1-3-6-14)23(34)27-15-8-10-16(33)11-9-15/h1-7,12-13,15-16,19,33H,8-11H2,(H2,25,29)(H,27,34)/t15?,16?,19-/m0/s1. The molecule has 1 aliphatic carbocycles. The van der Waals surface area contributed by atoms with Gasteiger partial charge in [-0.1, -0.05) is 30.3 Å². The summed E-state index contributed by atoms with van der Waals surface area (Å²) < 4.78 is 8.44. The summed E-state index contributed by atoms with van der Waals surface area (Å²) in [7, 11) is 0. The maximum Gasteiger partial charge on any atom is 0.249 e. The van der Waals surface area contributed by atoms with E-state index in [0.29, 0.717) is 41.1 Å². The molecule has 35 heavy (non-hydrogen) atoms. The van der Waals surface area contributed by atoms with Crippen LogP contribution in [-0.4, -0.2) is 52.5 Å². The van der Waals surface area contributed by atoms with E-state index in [4.69, 9.17) is 10.2 Å². The van der Waals surface area contributed by atoms with Gasteiger partial charge in [-0.2, -0.15) is 14.6 Å². The predicted octanol–water partition coefficient (Wildman–Crippen LogP) is 2.33. The Morgan fingerprint density at radius 2 is 1.89 bits per heavy atom. The summed E-state index contributed by atoms with van der Waals surface area (Å²) in [6.45, 7) is 0. The average molecular weight is 473 g/mol. The Bertz CT molecular complexity index is 1480. The van der Waals surface area contributed by atoms with Crippen molar-refractivity contribution in [2.75, 3.05) is 5.73 Å². The zero-order valence-corrected chi connectivity index (χ0v) is 18.8. The number of carbonyl (C=O) groups excluding carboxylic acids is 1. The molecular weight excluding hydrogens is 448 g/mol. The van der Waals surface area contributed by atoms with E-state index in [1.54, 1.807) is 29.3 Å². The highest BCUT2D eigenvalue weighted by Gasteiger charge is 2.30. The molecule has 4 N–H and O–H groups in total. The molecule has 11 nitrogen and oxygen atoms in total. The highest BCUT2D eigenvalue weighted by molar-refractivity contribution is 5.92. The van der Waals surface area contributed by atoms with Crippen molar-refractivity contribution in [3.63, 3.8) is 0 Å². The van der Waals surface area contributed by atoms with Crippen LogP contribution in [0.1, 0.15) is 37.3 Å². The smallest absolute Gasteiger partial charge is 0.249 e. The van der Waals surface area contributed by atoms with Gasteiger partial charge in [-0.15, -0.1) is 5.10 Å². The van der Waals surface area contributed by atoms with E-state index < -0.39 is 6.04 Å². The fourth-order valence-corrected chi connectivity index (χ4v) is 4.67. The summed E-state index contributed by atoms with van der Waals surface area (Å²) in [5, 5.41) is 22.6. The number of nitrogens with one attached hydrogen (secondary N) is 1. The molecule has 0 unspecified atom stereocenters. The second-order valence-corrected chi connectivity index (χ2v) is 8.77. The van der Waals surface area contributed by atoms with Crippen LogP contribution in [0.5, 0.6) is 0 Å². The number of carbonyl (C=O) groups is 1. The SMILES string of the molecule is Nc1nc2c(cnn2[C@H](C(=O)NC2CCC(O)CC2)c2ccccc2)c2nc(-c3ccco3)nn12. The van der Waals surface area contributed by atoms with Crippen LogP contribution in [-0.2, 0) is 4.79 Å². The Labute approximate surface area is 199 Å². The highest BCUT2D eigenvalue weighted by Crippen LogP contribution is 2.28. The van der Waals surface area contributed by atoms with Gasteiger partial charge in [0.1, 0.15) is 0 Å². The topological polar surface area (TPSA) is 149 Å². The van der Waals surface area contributed by atoms with Crippen LogP contribution in [0, 0.1) is 0 Å². The first-order valence-corrected chi connectivity index (χ1v) is 11.5. The minimum Gasteiger partial charge on any atom is -0.461 e. The molecule has 0 bridgehead atoms. The summed E-state index contributed by atoms with van der Waals surface area (Å²) in [6, 6.07) is 12.2. The minimum absolute atomic E-state index is 0.00368. The molecule has 6 rings (SSSR count). The molecule has 178 valence electrons. The van der Waals surface area contributed by atoms with E-state index in [9.17, 15) is 9.90 Å². The number of aromatic nitrogens is 6. The van der Waals surface area contributed by atoms with Crippen molar-refractivity contribution in [1.29, 1.82) is 0 Å². The first-order chi connectivity index (χ1) is 17.1. The van der Waals surface area contributed by atoms with Crippen LogP contribution in [0.15, 0.2) is 59.3 Å². The van der Waals surface area contributed by atoms with E-state index in [-0.39, 0.29) is 24.0 Å². The number of rotatable bonds is 5. The van der Waals surface area contributed by atoms with E-state index in [1.807, 2.05) is 30.3 Å². The van der Waals surface area contributed by atoms with Gasteiger partial charge in [0.05, 0.1) is 24.0 Å². The van der Waals surface area contributed by atoms with E-state index in [2.05, 4.69) is 25.5 Å². The maximum absolute atomic E-state index is 13.6. The molecular formula is C24H24N8O3. The first kappa shape index (κ1) is 21.3. The van der Waals surface area contributed by atoms with Crippen molar-refractivity contribution in [1.82, 2.24) is 34.7 Å². The molecule has 1 aliphatic rings. The van der Waals surface area contributed by atoms with Crippen molar-refractivity contribution in [3.8, 4) is 11.6 Å². The Morgan fingerprint density at radius 3 is 2.63 bits per heavy atom. The van der Waals surface area contributed by atoms with Crippen molar-refractivity contribution >= 4 is 28.5 Å². The van der Waals surface area contributed by atoms with Gasteiger partial charge in [0.25, 0.3) is 0 Å². The third-order valence-electron chi connectivity index (χ3n) is 6.45. The minimum atomic E-state index is -0.762. The van der Waals surface area contributed by atoms with Crippen LogP contribution in [0.4, 0.5) is 5.95 Å². The number of amides is 1. The van der Waals surface area contributed by atoms with Crippen molar-refractivity contribution in [3.05, 3.63) is 60.5 Å². The lowest BCUT2D eigenvalue weighted by Crippen LogP contribution is -2.42. The number of aliphatic hydroxyl groups excluding tert-OH is 1. The van der Waals surface area contributed by atoms with Crippen LogP contribution in [0.2, 0.25) is 0 Å². The molecule has 4 heterocycles. The second-order valence-electron chi connectivity index (χ2n) is 8.77. The van der Waals surface area contributed by atoms with Crippen molar-refractivity contribution in [2.45, 2.75) is 43.9 Å². The monoisotopic (exact) mass is 472 g/mol. The second kappa shape index (κ2) is 8.51. The zero-order valence-electron chi connectivity index (χ0n) is 18.8. The fraction of sp³-hybridized carbons (Fsp3) is 0.292. The number of fused-ring (bicyclic) bond motifs is 3. The largest absolute Gasteiger partial charge is 0.461 e. The normalized spacial score (nSPS) is 19.2. The molecule has 0 saturated heterocycles. The number of benzene rings is 1. The first-order valence-electron chi connectivity index (χ1n) is 11.5. The number of nitrogens with two attached hydrogens (primary N) is 1.